The first kappa shape index (κ1) is 14.4. The Balaban J connectivity index is 1.69. The van der Waals surface area contributed by atoms with E-state index in [2.05, 4.69) is 19.2 Å². The molecule has 0 aromatic heterocycles. The van der Waals surface area contributed by atoms with Crippen LogP contribution in [0.3, 0.4) is 0 Å². The molecule has 1 heterocycles. The third-order valence-electron chi connectivity index (χ3n) is 4.25. The highest BCUT2D eigenvalue weighted by molar-refractivity contribution is 5.80. The number of nitrogens with zero attached hydrogens (tertiary/aromatic N) is 1. The fourth-order valence-electron chi connectivity index (χ4n) is 2.74. The third-order valence-corrected chi connectivity index (χ3v) is 4.25. The van der Waals surface area contributed by atoms with Gasteiger partial charge in [-0.25, -0.2) is 0 Å². The first-order valence-corrected chi connectivity index (χ1v) is 7.64. The molecule has 2 amide bonds. The van der Waals surface area contributed by atoms with E-state index in [1.165, 1.54) is 6.42 Å². The molecule has 2 fully saturated rings. The van der Waals surface area contributed by atoms with E-state index in [-0.39, 0.29) is 23.8 Å². The molecule has 0 atom stereocenters. The molecule has 0 radical (unpaired) electrons. The van der Waals surface area contributed by atoms with Gasteiger partial charge in [-0.15, -0.1) is 0 Å². The van der Waals surface area contributed by atoms with Gasteiger partial charge in [-0.1, -0.05) is 20.3 Å². The molecule has 1 aliphatic carbocycles. The predicted molar refractivity (Wildman–Crippen MR) is 74.5 cm³/mol. The Bertz CT molecular complexity index is 329. The summed E-state index contributed by atoms with van der Waals surface area (Å²) in [5.74, 6) is 1.18. The molecule has 0 aromatic rings. The summed E-state index contributed by atoms with van der Waals surface area (Å²) >= 11 is 0. The van der Waals surface area contributed by atoms with Crippen LogP contribution in [0.15, 0.2) is 0 Å². The van der Waals surface area contributed by atoms with E-state index in [1.807, 2.05) is 4.90 Å². The number of hydrogen-bond acceptors (Lipinski definition) is 2. The second kappa shape index (κ2) is 6.40. The van der Waals surface area contributed by atoms with Crippen molar-refractivity contribution >= 4 is 11.8 Å². The van der Waals surface area contributed by atoms with Crippen LogP contribution in [-0.2, 0) is 9.59 Å². The van der Waals surface area contributed by atoms with Gasteiger partial charge in [0.1, 0.15) is 0 Å². The van der Waals surface area contributed by atoms with Gasteiger partial charge in [0.15, 0.2) is 0 Å². The molecule has 108 valence electrons. The van der Waals surface area contributed by atoms with Gasteiger partial charge in [0.2, 0.25) is 11.8 Å². The van der Waals surface area contributed by atoms with Crippen LogP contribution in [0.25, 0.3) is 0 Å². The van der Waals surface area contributed by atoms with Crippen LogP contribution in [0.4, 0.5) is 0 Å². The maximum Gasteiger partial charge on any atom is 0.223 e. The smallest absolute Gasteiger partial charge is 0.223 e. The molecule has 1 saturated heterocycles. The van der Waals surface area contributed by atoms with Gasteiger partial charge < -0.3 is 10.2 Å². The van der Waals surface area contributed by atoms with Gasteiger partial charge in [0, 0.05) is 31.5 Å². The first-order chi connectivity index (χ1) is 9.06. The third kappa shape index (κ3) is 3.95. The van der Waals surface area contributed by atoms with Crippen molar-refractivity contribution in [1.82, 2.24) is 10.2 Å². The molecule has 0 bridgehead atoms. The van der Waals surface area contributed by atoms with Gasteiger partial charge in [-0.05, 0) is 31.6 Å². The molecule has 0 unspecified atom stereocenters. The monoisotopic (exact) mass is 266 g/mol. The van der Waals surface area contributed by atoms with Crippen molar-refractivity contribution in [3.05, 3.63) is 0 Å². The average Bonchev–Trinajstić information content (AvgIpc) is 2.26. The Labute approximate surface area is 115 Å². The highest BCUT2D eigenvalue weighted by Gasteiger charge is 2.29. The Morgan fingerprint density at radius 1 is 1.16 bits per heavy atom. The molecule has 0 spiro atoms. The zero-order valence-corrected chi connectivity index (χ0v) is 12.2. The van der Waals surface area contributed by atoms with E-state index < -0.39 is 0 Å². The summed E-state index contributed by atoms with van der Waals surface area (Å²) < 4.78 is 0. The Morgan fingerprint density at radius 2 is 1.79 bits per heavy atom. The van der Waals surface area contributed by atoms with Gasteiger partial charge in [-0.2, -0.15) is 0 Å². The summed E-state index contributed by atoms with van der Waals surface area (Å²) in [7, 11) is 0. The van der Waals surface area contributed by atoms with Crippen LogP contribution in [-0.4, -0.2) is 35.8 Å². The normalized spacial score (nSPS) is 21.3. The van der Waals surface area contributed by atoms with Crippen LogP contribution in [0, 0.1) is 11.8 Å². The lowest BCUT2D eigenvalue weighted by atomic mass is 9.84. The number of carbonyl (C=O) groups excluding carboxylic acids is 2. The molecule has 4 nitrogen and oxygen atoms in total. The zero-order chi connectivity index (χ0) is 13.8. The van der Waals surface area contributed by atoms with E-state index in [0.29, 0.717) is 12.3 Å². The van der Waals surface area contributed by atoms with Crippen molar-refractivity contribution in [2.75, 3.05) is 13.1 Å². The van der Waals surface area contributed by atoms with E-state index in [4.69, 9.17) is 0 Å². The SMILES string of the molecule is CC(C)CC(=O)N1CCC(NC(=O)C2CCC2)CC1. The van der Waals surface area contributed by atoms with Gasteiger partial charge in [0.25, 0.3) is 0 Å². The predicted octanol–water partition coefficient (Wildman–Crippen LogP) is 1.94. The summed E-state index contributed by atoms with van der Waals surface area (Å²) in [6.45, 7) is 5.73. The van der Waals surface area contributed by atoms with Crippen molar-refractivity contribution in [1.29, 1.82) is 0 Å². The van der Waals surface area contributed by atoms with Crippen LogP contribution in [0.1, 0.15) is 52.4 Å². The van der Waals surface area contributed by atoms with Crippen molar-refractivity contribution in [2.45, 2.75) is 58.4 Å². The summed E-state index contributed by atoms with van der Waals surface area (Å²) in [5.41, 5.74) is 0. The number of piperidine rings is 1. The summed E-state index contributed by atoms with van der Waals surface area (Å²) in [4.78, 5) is 25.8. The number of hydrogen-bond donors (Lipinski definition) is 1. The molecule has 1 aliphatic heterocycles. The molecule has 4 heteroatoms. The number of nitrogens with one attached hydrogen (secondary N) is 1. The molecule has 19 heavy (non-hydrogen) atoms. The Morgan fingerprint density at radius 3 is 2.26 bits per heavy atom. The van der Waals surface area contributed by atoms with Crippen molar-refractivity contribution in [2.24, 2.45) is 11.8 Å². The zero-order valence-electron chi connectivity index (χ0n) is 12.2. The minimum atomic E-state index is 0.234. The first-order valence-electron chi connectivity index (χ1n) is 7.64. The van der Waals surface area contributed by atoms with E-state index in [0.717, 1.165) is 38.8 Å². The van der Waals surface area contributed by atoms with Crippen molar-refractivity contribution in [3.63, 3.8) is 0 Å². The second-order valence-corrected chi connectivity index (χ2v) is 6.39. The number of rotatable bonds is 4. The lowest BCUT2D eigenvalue weighted by Crippen LogP contribution is -2.48. The topological polar surface area (TPSA) is 49.4 Å². The minimum Gasteiger partial charge on any atom is -0.353 e. The number of amides is 2. The summed E-state index contributed by atoms with van der Waals surface area (Å²) in [6, 6.07) is 0.274. The molecule has 2 aliphatic rings. The van der Waals surface area contributed by atoms with Crippen LogP contribution >= 0.6 is 0 Å². The highest BCUT2D eigenvalue weighted by Crippen LogP contribution is 2.26. The lowest BCUT2D eigenvalue weighted by Gasteiger charge is -2.34. The van der Waals surface area contributed by atoms with E-state index in [1.54, 1.807) is 0 Å². The molecule has 1 N–H and O–H groups in total. The number of carbonyl (C=O) groups is 2. The van der Waals surface area contributed by atoms with Gasteiger partial charge >= 0.3 is 0 Å². The quantitative estimate of drug-likeness (QED) is 0.845. The standard InChI is InChI=1S/C15H26N2O2/c1-11(2)10-14(18)17-8-6-13(7-9-17)16-15(19)12-4-3-5-12/h11-13H,3-10H2,1-2H3,(H,16,19). The van der Waals surface area contributed by atoms with Crippen LogP contribution in [0.2, 0.25) is 0 Å². The van der Waals surface area contributed by atoms with E-state index in [9.17, 15) is 9.59 Å². The summed E-state index contributed by atoms with van der Waals surface area (Å²) in [6.07, 6.45) is 5.75. The van der Waals surface area contributed by atoms with Crippen molar-refractivity contribution in [3.8, 4) is 0 Å². The summed E-state index contributed by atoms with van der Waals surface area (Å²) in [5, 5.41) is 3.14. The maximum atomic E-state index is 11.9. The number of likely N-dealkylation sites (tertiary alicyclic amines) is 1. The molecule has 2 rings (SSSR count). The largest absolute Gasteiger partial charge is 0.353 e. The fraction of sp³-hybridized carbons (Fsp3) is 0.867. The second-order valence-electron chi connectivity index (χ2n) is 6.39. The van der Waals surface area contributed by atoms with Crippen molar-refractivity contribution < 1.29 is 9.59 Å². The van der Waals surface area contributed by atoms with Gasteiger partial charge in [0.05, 0.1) is 0 Å². The molecular formula is C15H26N2O2. The minimum absolute atomic E-state index is 0.234. The maximum absolute atomic E-state index is 11.9. The van der Waals surface area contributed by atoms with Gasteiger partial charge in [-0.3, -0.25) is 9.59 Å². The Kier molecular flexibility index (Phi) is 4.83. The Hall–Kier alpha value is -1.06. The molecule has 0 aromatic carbocycles. The van der Waals surface area contributed by atoms with Crippen LogP contribution < -0.4 is 5.32 Å². The fourth-order valence-corrected chi connectivity index (χ4v) is 2.74. The van der Waals surface area contributed by atoms with Crippen LogP contribution in [0.5, 0.6) is 0 Å². The highest BCUT2D eigenvalue weighted by atomic mass is 16.2. The molecular weight excluding hydrogens is 240 g/mol. The average molecular weight is 266 g/mol. The molecule has 1 saturated carbocycles. The lowest BCUT2D eigenvalue weighted by molar-refractivity contribution is -0.133. The van der Waals surface area contributed by atoms with E-state index >= 15 is 0 Å².